The van der Waals surface area contributed by atoms with Crippen LogP contribution in [0.15, 0.2) is 59.8 Å². The molecule has 1 aliphatic rings. The summed E-state index contributed by atoms with van der Waals surface area (Å²) in [5.41, 5.74) is 3.21. The summed E-state index contributed by atoms with van der Waals surface area (Å²) in [5.74, 6) is 0.826. The maximum absolute atomic E-state index is 5.98. The van der Waals surface area contributed by atoms with E-state index in [-0.39, 0.29) is 0 Å². The van der Waals surface area contributed by atoms with Crippen LogP contribution >= 0.6 is 11.8 Å². The SMILES string of the molecule is Cc1cccc(-c2nnc(SC3(c4ccccc4)OCCO3)n2C)c1. The quantitative estimate of drug-likeness (QED) is 0.715. The minimum Gasteiger partial charge on any atom is -0.335 e. The molecule has 1 fully saturated rings. The molecule has 5 nitrogen and oxygen atoms in total. The van der Waals surface area contributed by atoms with Crippen LogP contribution in [0.3, 0.4) is 0 Å². The van der Waals surface area contributed by atoms with Crippen LogP contribution in [0.2, 0.25) is 0 Å². The summed E-state index contributed by atoms with van der Waals surface area (Å²) in [6, 6.07) is 18.2. The molecule has 0 amide bonds. The first kappa shape index (κ1) is 16.3. The van der Waals surface area contributed by atoms with Crippen LogP contribution < -0.4 is 0 Å². The van der Waals surface area contributed by atoms with Crippen molar-refractivity contribution >= 4 is 11.8 Å². The summed E-state index contributed by atoms with van der Waals surface area (Å²) in [6.45, 7) is 3.19. The van der Waals surface area contributed by atoms with Gasteiger partial charge in [-0.2, -0.15) is 0 Å². The van der Waals surface area contributed by atoms with Crippen LogP contribution in [0.1, 0.15) is 11.1 Å². The van der Waals surface area contributed by atoms with Gasteiger partial charge in [0.1, 0.15) is 0 Å². The minimum absolute atomic E-state index is 0.560. The van der Waals surface area contributed by atoms with Gasteiger partial charge in [0.15, 0.2) is 11.0 Å². The molecule has 0 unspecified atom stereocenters. The zero-order valence-corrected chi connectivity index (χ0v) is 15.0. The molecule has 0 N–H and O–H groups in total. The molecule has 0 saturated carbocycles. The van der Waals surface area contributed by atoms with Crippen LogP contribution in [0, 0.1) is 6.92 Å². The van der Waals surface area contributed by atoms with Crippen molar-refractivity contribution in [2.75, 3.05) is 13.2 Å². The molecule has 3 aromatic rings. The van der Waals surface area contributed by atoms with Gasteiger partial charge < -0.3 is 14.0 Å². The minimum atomic E-state index is -0.869. The molecule has 1 aliphatic heterocycles. The van der Waals surface area contributed by atoms with E-state index in [1.807, 2.05) is 54.1 Å². The first-order valence-corrected chi connectivity index (χ1v) is 8.98. The van der Waals surface area contributed by atoms with E-state index < -0.39 is 5.12 Å². The van der Waals surface area contributed by atoms with Crippen molar-refractivity contribution in [2.45, 2.75) is 17.2 Å². The Morgan fingerprint density at radius 2 is 1.76 bits per heavy atom. The topological polar surface area (TPSA) is 49.2 Å². The van der Waals surface area contributed by atoms with Gasteiger partial charge in [0.2, 0.25) is 0 Å². The number of thioether (sulfide) groups is 1. The highest BCUT2D eigenvalue weighted by Crippen LogP contribution is 2.45. The van der Waals surface area contributed by atoms with Gasteiger partial charge in [-0.05, 0) is 24.8 Å². The highest BCUT2D eigenvalue weighted by Gasteiger charge is 2.41. The number of aryl methyl sites for hydroxylation is 1. The molecule has 1 saturated heterocycles. The average molecular weight is 353 g/mol. The first-order valence-electron chi connectivity index (χ1n) is 8.17. The first-order chi connectivity index (χ1) is 12.2. The van der Waals surface area contributed by atoms with Crippen molar-refractivity contribution in [3.8, 4) is 11.4 Å². The fourth-order valence-corrected chi connectivity index (χ4v) is 3.96. The molecular formula is C19H19N3O2S. The van der Waals surface area contributed by atoms with Crippen molar-refractivity contribution in [2.24, 2.45) is 7.05 Å². The van der Waals surface area contributed by atoms with Gasteiger partial charge in [-0.25, -0.2) is 0 Å². The van der Waals surface area contributed by atoms with Crippen LogP contribution in [0.5, 0.6) is 0 Å². The van der Waals surface area contributed by atoms with Crippen molar-refractivity contribution in [1.82, 2.24) is 14.8 Å². The lowest BCUT2D eigenvalue weighted by Crippen LogP contribution is -2.23. The fraction of sp³-hybridized carbons (Fsp3) is 0.263. The lowest BCUT2D eigenvalue weighted by molar-refractivity contribution is -0.0818. The van der Waals surface area contributed by atoms with Crippen molar-refractivity contribution in [3.05, 3.63) is 65.7 Å². The number of nitrogens with zero attached hydrogens (tertiary/aromatic N) is 3. The maximum atomic E-state index is 5.98. The fourth-order valence-electron chi connectivity index (χ4n) is 2.88. The number of rotatable bonds is 4. The van der Waals surface area contributed by atoms with Gasteiger partial charge >= 0.3 is 0 Å². The highest BCUT2D eigenvalue weighted by molar-refractivity contribution is 7.99. The lowest BCUT2D eigenvalue weighted by atomic mass is 10.1. The highest BCUT2D eigenvalue weighted by atomic mass is 32.2. The Kier molecular flexibility index (Phi) is 4.33. The molecule has 0 radical (unpaired) electrons. The van der Waals surface area contributed by atoms with Crippen LogP contribution in [0.25, 0.3) is 11.4 Å². The Balaban J connectivity index is 1.69. The van der Waals surface area contributed by atoms with Crippen molar-refractivity contribution in [3.63, 3.8) is 0 Å². The average Bonchev–Trinajstić information content (AvgIpc) is 3.25. The number of hydrogen-bond donors (Lipinski definition) is 0. The predicted molar refractivity (Wildman–Crippen MR) is 97.1 cm³/mol. The molecule has 4 rings (SSSR count). The summed E-state index contributed by atoms with van der Waals surface area (Å²) in [6.07, 6.45) is 0. The molecule has 0 bridgehead atoms. The molecule has 2 aromatic carbocycles. The Morgan fingerprint density at radius 1 is 1.00 bits per heavy atom. The molecular weight excluding hydrogens is 334 g/mol. The summed E-state index contributed by atoms with van der Waals surface area (Å²) in [5, 5.41) is 8.63. The summed E-state index contributed by atoms with van der Waals surface area (Å²) in [4.78, 5) is 0. The van der Waals surface area contributed by atoms with Gasteiger partial charge in [0.25, 0.3) is 5.12 Å². The van der Waals surface area contributed by atoms with Crippen molar-refractivity contribution in [1.29, 1.82) is 0 Å². The zero-order valence-electron chi connectivity index (χ0n) is 14.2. The molecule has 6 heteroatoms. The number of aromatic nitrogens is 3. The summed E-state index contributed by atoms with van der Waals surface area (Å²) in [7, 11) is 1.97. The molecule has 0 spiro atoms. The Hall–Kier alpha value is -2.15. The second-order valence-electron chi connectivity index (χ2n) is 5.96. The number of benzene rings is 2. The zero-order chi connectivity index (χ0) is 17.3. The molecule has 0 aliphatic carbocycles. The maximum Gasteiger partial charge on any atom is 0.253 e. The third-order valence-corrected chi connectivity index (χ3v) is 5.41. The predicted octanol–water partition coefficient (Wildman–Crippen LogP) is 3.74. The van der Waals surface area contributed by atoms with E-state index in [1.54, 1.807) is 0 Å². The van der Waals surface area contributed by atoms with Gasteiger partial charge in [0.05, 0.1) is 13.2 Å². The second kappa shape index (κ2) is 6.63. The van der Waals surface area contributed by atoms with E-state index in [1.165, 1.54) is 17.3 Å². The lowest BCUT2D eigenvalue weighted by Gasteiger charge is -2.26. The molecule has 0 atom stereocenters. The normalized spacial score (nSPS) is 16.2. The molecule has 25 heavy (non-hydrogen) atoms. The third kappa shape index (κ3) is 3.08. The smallest absolute Gasteiger partial charge is 0.253 e. The molecule has 2 heterocycles. The largest absolute Gasteiger partial charge is 0.335 e. The van der Waals surface area contributed by atoms with Crippen molar-refractivity contribution < 1.29 is 9.47 Å². The number of hydrogen-bond acceptors (Lipinski definition) is 5. The standard InChI is InChI=1S/C19H19N3O2S/c1-14-7-6-8-15(13-14)17-20-21-18(22(17)2)25-19(23-11-12-24-19)16-9-4-3-5-10-16/h3-10,13H,11-12H2,1-2H3. The summed E-state index contributed by atoms with van der Waals surface area (Å²) >= 11 is 1.44. The molecule has 128 valence electrons. The Labute approximate surface area is 151 Å². The van der Waals surface area contributed by atoms with E-state index in [0.717, 1.165) is 22.1 Å². The van der Waals surface area contributed by atoms with E-state index in [0.29, 0.717) is 13.2 Å². The van der Waals surface area contributed by atoms with Gasteiger partial charge in [-0.15, -0.1) is 10.2 Å². The second-order valence-corrected chi connectivity index (χ2v) is 7.06. The number of ether oxygens (including phenoxy) is 2. The van der Waals surface area contributed by atoms with Gasteiger partial charge in [0, 0.05) is 18.2 Å². The van der Waals surface area contributed by atoms with E-state index in [2.05, 4.69) is 29.3 Å². The molecule has 1 aromatic heterocycles. The van der Waals surface area contributed by atoms with Crippen LogP contribution in [-0.2, 0) is 21.6 Å². The van der Waals surface area contributed by atoms with E-state index in [4.69, 9.17) is 9.47 Å². The third-order valence-electron chi connectivity index (χ3n) is 4.13. The van der Waals surface area contributed by atoms with Crippen LogP contribution in [-0.4, -0.2) is 28.0 Å². The van der Waals surface area contributed by atoms with E-state index >= 15 is 0 Å². The van der Waals surface area contributed by atoms with E-state index in [9.17, 15) is 0 Å². The van der Waals surface area contributed by atoms with Gasteiger partial charge in [-0.3, -0.25) is 0 Å². The summed E-state index contributed by atoms with van der Waals surface area (Å²) < 4.78 is 13.9. The van der Waals surface area contributed by atoms with Gasteiger partial charge in [-0.1, -0.05) is 54.1 Å². The van der Waals surface area contributed by atoms with Crippen LogP contribution in [0.4, 0.5) is 0 Å². The monoisotopic (exact) mass is 353 g/mol. The Bertz CT molecular complexity index is 873. The Morgan fingerprint density at radius 3 is 2.48 bits per heavy atom.